The van der Waals surface area contributed by atoms with Crippen molar-refractivity contribution in [3.63, 3.8) is 0 Å². The molecule has 0 saturated carbocycles. The fraction of sp³-hybridized carbons (Fsp3) is 0.235. The molecule has 1 N–H and O–H groups in total. The molecule has 0 atom stereocenters. The fourth-order valence-corrected chi connectivity index (χ4v) is 2.54. The van der Waals surface area contributed by atoms with Gasteiger partial charge in [0, 0.05) is 18.2 Å². The zero-order valence-electron chi connectivity index (χ0n) is 12.6. The number of ether oxygens (including phenoxy) is 1. The summed E-state index contributed by atoms with van der Waals surface area (Å²) in [6.45, 7) is 2.20. The van der Waals surface area contributed by atoms with E-state index in [4.69, 9.17) is 4.74 Å². The molecule has 0 unspecified atom stereocenters. The lowest BCUT2D eigenvalue weighted by Gasteiger charge is -2.11. The topological polar surface area (TPSA) is 76.8 Å². The summed E-state index contributed by atoms with van der Waals surface area (Å²) in [6, 6.07) is 14.5. The van der Waals surface area contributed by atoms with Crippen molar-refractivity contribution in [2.45, 2.75) is 13.2 Å². The van der Waals surface area contributed by atoms with Crippen molar-refractivity contribution in [2.75, 3.05) is 13.1 Å². The van der Waals surface area contributed by atoms with Crippen molar-refractivity contribution in [3.8, 4) is 0 Å². The number of nitrogens with one attached hydrogen (secondary N) is 1. The van der Waals surface area contributed by atoms with E-state index in [1.165, 1.54) is 6.07 Å². The maximum Gasteiger partial charge on any atom is 0.274 e. The number of nitro groups is 1. The molecule has 118 valence electrons. The Bertz CT molecular complexity index is 743. The maximum atomic E-state index is 11.0. The molecule has 23 heavy (non-hydrogen) atoms. The largest absolute Gasteiger partial charge is 0.372 e. The number of hydrogen-bond donors (Lipinski definition) is 1. The van der Waals surface area contributed by atoms with Gasteiger partial charge in [0.05, 0.1) is 30.2 Å². The third-order valence-corrected chi connectivity index (χ3v) is 3.65. The molecule has 1 aliphatic heterocycles. The minimum absolute atomic E-state index is 0.0858. The van der Waals surface area contributed by atoms with Crippen molar-refractivity contribution < 1.29 is 9.66 Å². The first-order chi connectivity index (χ1) is 11.3. The molecule has 3 rings (SSSR count). The Kier molecular flexibility index (Phi) is 4.63. The minimum atomic E-state index is -0.385. The maximum absolute atomic E-state index is 11.0. The lowest BCUT2D eigenvalue weighted by molar-refractivity contribution is -0.386. The Hall–Kier alpha value is -2.73. The second-order valence-electron chi connectivity index (χ2n) is 5.19. The molecule has 0 saturated heterocycles. The predicted molar refractivity (Wildman–Crippen MR) is 87.4 cm³/mol. The number of nitro benzene ring substituents is 1. The molecular formula is C17H17N3O3. The first-order valence-electron chi connectivity index (χ1n) is 7.42. The van der Waals surface area contributed by atoms with Crippen LogP contribution >= 0.6 is 0 Å². The summed E-state index contributed by atoms with van der Waals surface area (Å²) >= 11 is 0. The molecule has 0 aliphatic carbocycles. The van der Waals surface area contributed by atoms with E-state index in [0.717, 1.165) is 30.1 Å². The van der Waals surface area contributed by atoms with Gasteiger partial charge in [-0.2, -0.15) is 0 Å². The van der Waals surface area contributed by atoms with Gasteiger partial charge in [0.15, 0.2) is 0 Å². The fourth-order valence-electron chi connectivity index (χ4n) is 2.54. The van der Waals surface area contributed by atoms with Crippen molar-refractivity contribution >= 4 is 11.5 Å². The molecule has 1 aliphatic rings. The molecule has 0 spiro atoms. The zero-order chi connectivity index (χ0) is 16.1. The smallest absolute Gasteiger partial charge is 0.274 e. The van der Waals surface area contributed by atoms with Crippen molar-refractivity contribution in [3.05, 3.63) is 75.3 Å². The van der Waals surface area contributed by atoms with Crippen LogP contribution in [-0.4, -0.2) is 23.8 Å². The van der Waals surface area contributed by atoms with Crippen LogP contribution in [0.25, 0.3) is 0 Å². The van der Waals surface area contributed by atoms with E-state index in [2.05, 4.69) is 10.3 Å². The van der Waals surface area contributed by atoms with E-state index >= 15 is 0 Å². The quantitative estimate of drug-likeness (QED) is 0.657. The van der Waals surface area contributed by atoms with Crippen LogP contribution in [-0.2, 0) is 18.0 Å². The monoisotopic (exact) mass is 311 g/mol. The van der Waals surface area contributed by atoms with Crippen molar-refractivity contribution in [1.82, 2.24) is 5.32 Å². The number of aliphatic imine (C=N–C) groups is 1. The van der Waals surface area contributed by atoms with Crippen LogP contribution in [0.5, 0.6) is 0 Å². The molecule has 0 aromatic heterocycles. The zero-order valence-corrected chi connectivity index (χ0v) is 12.6. The van der Waals surface area contributed by atoms with Gasteiger partial charge >= 0.3 is 0 Å². The van der Waals surface area contributed by atoms with Crippen LogP contribution in [0.1, 0.15) is 16.7 Å². The van der Waals surface area contributed by atoms with E-state index in [1.807, 2.05) is 24.3 Å². The highest BCUT2D eigenvalue weighted by atomic mass is 16.6. The lowest BCUT2D eigenvalue weighted by Crippen LogP contribution is -2.21. The highest BCUT2D eigenvalue weighted by molar-refractivity contribution is 6.00. The number of amidine groups is 1. The molecule has 0 bridgehead atoms. The minimum Gasteiger partial charge on any atom is -0.372 e. The number of hydrogen-bond acceptors (Lipinski definition) is 5. The summed E-state index contributed by atoms with van der Waals surface area (Å²) < 4.78 is 5.71. The highest BCUT2D eigenvalue weighted by Crippen LogP contribution is 2.19. The molecule has 1 heterocycles. The second-order valence-corrected chi connectivity index (χ2v) is 5.19. The van der Waals surface area contributed by atoms with Crippen LogP contribution in [0.15, 0.2) is 53.5 Å². The summed E-state index contributed by atoms with van der Waals surface area (Å²) in [5, 5.41) is 14.3. The van der Waals surface area contributed by atoms with Gasteiger partial charge in [0.1, 0.15) is 5.84 Å². The van der Waals surface area contributed by atoms with Crippen LogP contribution in [0.4, 0.5) is 5.69 Å². The number of rotatable bonds is 6. The highest BCUT2D eigenvalue weighted by Gasteiger charge is 2.14. The van der Waals surface area contributed by atoms with Gasteiger partial charge in [-0.25, -0.2) is 0 Å². The average molecular weight is 311 g/mol. The Morgan fingerprint density at radius 2 is 1.78 bits per heavy atom. The Balaban J connectivity index is 1.69. The van der Waals surface area contributed by atoms with E-state index in [9.17, 15) is 10.1 Å². The summed E-state index contributed by atoms with van der Waals surface area (Å²) in [5.74, 6) is 0.884. The SMILES string of the molecule is O=[N+]([O-])c1ccccc1COCc1ccccc1C1=NCCN1. The normalized spacial score (nSPS) is 13.5. The Morgan fingerprint density at radius 1 is 1.09 bits per heavy atom. The first kappa shape index (κ1) is 15.2. The molecule has 2 aromatic rings. The Morgan fingerprint density at radius 3 is 2.52 bits per heavy atom. The van der Waals surface area contributed by atoms with Crippen LogP contribution in [0, 0.1) is 10.1 Å². The van der Waals surface area contributed by atoms with E-state index in [0.29, 0.717) is 12.2 Å². The van der Waals surface area contributed by atoms with Crippen molar-refractivity contribution in [2.24, 2.45) is 4.99 Å². The summed E-state index contributed by atoms with van der Waals surface area (Å²) in [7, 11) is 0. The standard InChI is InChI=1S/C17H17N3O3/c21-20(22)16-8-4-2-6-14(16)12-23-11-13-5-1-3-7-15(13)17-18-9-10-19-17/h1-8H,9-12H2,(H,18,19). The second kappa shape index (κ2) is 7.02. The number of benzene rings is 2. The van der Waals surface area contributed by atoms with Gasteiger partial charge < -0.3 is 10.1 Å². The van der Waals surface area contributed by atoms with Gasteiger partial charge in [-0.3, -0.25) is 15.1 Å². The average Bonchev–Trinajstić information content (AvgIpc) is 3.10. The molecular weight excluding hydrogens is 294 g/mol. The van der Waals surface area contributed by atoms with Crippen molar-refractivity contribution in [1.29, 1.82) is 0 Å². The molecule has 2 aromatic carbocycles. The van der Waals surface area contributed by atoms with Crippen LogP contribution in [0.2, 0.25) is 0 Å². The molecule has 0 radical (unpaired) electrons. The third-order valence-electron chi connectivity index (χ3n) is 3.65. The summed E-state index contributed by atoms with van der Waals surface area (Å²) in [4.78, 5) is 15.1. The van der Waals surface area contributed by atoms with E-state index < -0.39 is 0 Å². The molecule has 0 amide bonds. The van der Waals surface area contributed by atoms with Gasteiger partial charge in [-0.1, -0.05) is 36.4 Å². The summed E-state index contributed by atoms with van der Waals surface area (Å²) in [6.07, 6.45) is 0. The lowest BCUT2D eigenvalue weighted by atomic mass is 10.1. The van der Waals surface area contributed by atoms with Crippen LogP contribution < -0.4 is 5.32 Å². The van der Waals surface area contributed by atoms with Gasteiger partial charge in [-0.05, 0) is 11.6 Å². The van der Waals surface area contributed by atoms with Gasteiger partial charge in [-0.15, -0.1) is 0 Å². The Labute approximate surface area is 134 Å². The third kappa shape index (κ3) is 3.54. The summed E-state index contributed by atoms with van der Waals surface area (Å²) in [5.41, 5.74) is 2.70. The predicted octanol–water partition coefficient (Wildman–Crippen LogP) is 2.66. The number of para-hydroxylation sites is 1. The van der Waals surface area contributed by atoms with Crippen LogP contribution in [0.3, 0.4) is 0 Å². The molecule has 0 fully saturated rings. The number of nitrogens with zero attached hydrogens (tertiary/aromatic N) is 2. The van der Waals surface area contributed by atoms with Gasteiger partial charge in [0.25, 0.3) is 5.69 Å². The van der Waals surface area contributed by atoms with E-state index in [1.54, 1.807) is 18.2 Å². The molecule has 6 nitrogen and oxygen atoms in total. The van der Waals surface area contributed by atoms with E-state index in [-0.39, 0.29) is 17.2 Å². The first-order valence-corrected chi connectivity index (χ1v) is 7.42. The van der Waals surface area contributed by atoms with Gasteiger partial charge in [0.2, 0.25) is 0 Å². The molecule has 6 heteroatoms.